The first kappa shape index (κ1) is 17.5. The topological polar surface area (TPSA) is 79.6 Å². The second-order valence-electron chi connectivity index (χ2n) is 7.27. The summed E-state index contributed by atoms with van der Waals surface area (Å²) in [4.78, 5) is 25.2. The Balaban J connectivity index is 1.61. The molecule has 0 bridgehead atoms. The Morgan fingerprint density at radius 1 is 1.11 bits per heavy atom. The van der Waals surface area contributed by atoms with E-state index in [1.807, 2.05) is 48.9 Å². The van der Waals surface area contributed by atoms with Crippen molar-refractivity contribution in [1.29, 1.82) is 0 Å². The van der Waals surface area contributed by atoms with Crippen LogP contribution in [0.5, 0.6) is 0 Å². The summed E-state index contributed by atoms with van der Waals surface area (Å²) in [6, 6.07) is 9.38. The number of imide groups is 1. The number of nitrogens with zero attached hydrogens (tertiary/aromatic N) is 4. The highest BCUT2D eigenvalue weighted by Crippen LogP contribution is 2.33. The molecule has 1 saturated heterocycles. The van der Waals surface area contributed by atoms with Gasteiger partial charge in [-0.2, -0.15) is 10.2 Å². The van der Waals surface area contributed by atoms with Gasteiger partial charge in [-0.3, -0.25) is 4.79 Å². The molecule has 2 aliphatic rings. The Labute approximate surface area is 158 Å². The number of hydrazone groups is 1. The van der Waals surface area contributed by atoms with Crippen LogP contribution in [0.3, 0.4) is 0 Å². The minimum absolute atomic E-state index is 0.241. The molecule has 27 heavy (non-hydrogen) atoms. The van der Waals surface area contributed by atoms with Crippen LogP contribution in [0.2, 0.25) is 0 Å². The largest absolute Gasteiger partial charge is 0.346 e. The van der Waals surface area contributed by atoms with Crippen molar-refractivity contribution in [3.8, 4) is 5.69 Å². The highest BCUT2D eigenvalue weighted by atomic mass is 16.2. The number of amides is 3. The molecular weight excluding hydrogens is 342 g/mol. The van der Waals surface area contributed by atoms with Crippen LogP contribution in [0.25, 0.3) is 5.69 Å². The van der Waals surface area contributed by atoms with Crippen molar-refractivity contribution < 1.29 is 9.59 Å². The molecule has 1 aliphatic heterocycles. The Bertz CT molecular complexity index is 910. The zero-order chi connectivity index (χ0) is 19.0. The minimum Gasteiger partial charge on any atom is -0.321 e. The van der Waals surface area contributed by atoms with Crippen molar-refractivity contribution in [2.24, 2.45) is 5.10 Å². The van der Waals surface area contributed by atoms with E-state index in [2.05, 4.69) is 15.5 Å². The summed E-state index contributed by atoms with van der Waals surface area (Å²) in [7, 11) is 0. The Hall–Kier alpha value is -2.96. The monoisotopic (exact) mass is 365 g/mol. The van der Waals surface area contributed by atoms with Crippen molar-refractivity contribution in [3.05, 3.63) is 47.3 Å². The predicted octanol–water partition coefficient (Wildman–Crippen LogP) is 3.08. The normalized spacial score (nSPS) is 19.3. The molecule has 140 valence electrons. The fraction of sp³-hybridized carbons (Fsp3) is 0.400. The van der Waals surface area contributed by atoms with Crippen molar-refractivity contribution in [2.45, 2.75) is 51.5 Å². The zero-order valence-electron chi connectivity index (χ0n) is 15.6. The molecule has 0 unspecified atom stereocenters. The summed E-state index contributed by atoms with van der Waals surface area (Å²) in [6.07, 6.45) is 5.94. The molecule has 1 aromatic heterocycles. The number of urea groups is 1. The Morgan fingerprint density at radius 3 is 2.52 bits per heavy atom. The highest BCUT2D eigenvalue weighted by molar-refractivity contribution is 6.07. The van der Waals surface area contributed by atoms with E-state index in [4.69, 9.17) is 0 Å². The number of aromatic nitrogens is 2. The van der Waals surface area contributed by atoms with Gasteiger partial charge in [0.15, 0.2) is 0 Å². The Kier molecular flexibility index (Phi) is 4.30. The summed E-state index contributed by atoms with van der Waals surface area (Å²) < 4.78 is 1.84. The van der Waals surface area contributed by atoms with E-state index in [1.54, 1.807) is 6.21 Å². The van der Waals surface area contributed by atoms with E-state index < -0.39 is 11.6 Å². The van der Waals surface area contributed by atoms with Gasteiger partial charge in [0.25, 0.3) is 5.91 Å². The van der Waals surface area contributed by atoms with E-state index in [1.165, 1.54) is 0 Å². The van der Waals surface area contributed by atoms with Crippen molar-refractivity contribution >= 4 is 18.2 Å². The lowest BCUT2D eigenvalue weighted by Crippen LogP contribution is -2.48. The number of carbonyl (C=O) groups excluding carboxylic acids is 2. The molecule has 1 aliphatic carbocycles. The van der Waals surface area contributed by atoms with Gasteiger partial charge in [-0.05, 0) is 38.8 Å². The second-order valence-corrected chi connectivity index (χ2v) is 7.27. The molecule has 3 amide bonds. The van der Waals surface area contributed by atoms with Crippen molar-refractivity contribution in [1.82, 2.24) is 20.1 Å². The quantitative estimate of drug-likeness (QED) is 0.670. The lowest BCUT2D eigenvalue weighted by atomic mass is 9.82. The average molecular weight is 365 g/mol. The molecule has 2 fully saturated rings. The summed E-state index contributed by atoms with van der Waals surface area (Å²) >= 11 is 0. The van der Waals surface area contributed by atoms with Crippen LogP contribution < -0.4 is 5.32 Å². The second kappa shape index (κ2) is 6.64. The van der Waals surface area contributed by atoms with Crippen molar-refractivity contribution in [3.63, 3.8) is 0 Å². The predicted molar refractivity (Wildman–Crippen MR) is 102 cm³/mol. The van der Waals surface area contributed by atoms with Crippen molar-refractivity contribution in [2.75, 3.05) is 0 Å². The van der Waals surface area contributed by atoms with Crippen LogP contribution in [-0.2, 0) is 4.79 Å². The van der Waals surface area contributed by atoms with Crippen LogP contribution in [0.4, 0.5) is 4.79 Å². The summed E-state index contributed by atoms with van der Waals surface area (Å²) in [6.45, 7) is 3.84. The molecular formula is C20H23N5O2. The van der Waals surface area contributed by atoms with Gasteiger partial charge in [0, 0.05) is 5.56 Å². The number of nitrogens with one attached hydrogen (secondary N) is 1. The van der Waals surface area contributed by atoms with Gasteiger partial charge in [0.2, 0.25) is 0 Å². The number of hydrogen-bond acceptors (Lipinski definition) is 4. The number of para-hydroxylation sites is 1. The smallest absolute Gasteiger partial charge is 0.321 e. The summed E-state index contributed by atoms with van der Waals surface area (Å²) in [5, 5.41) is 12.6. The van der Waals surface area contributed by atoms with Gasteiger partial charge >= 0.3 is 6.03 Å². The lowest BCUT2D eigenvalue weighted by Gasteiger charge is -2.29. The molecule has 0 atom stereocenters. The number of carbonyl (C=O) groups is 2. The fourth-order valence-corrected chi connectivity index (χ4v) is 3.98. The summed E-state index contributed by atoms with van der Waals surface area (Å²) in [5.41, 5.74) is 2.70. The molecule has 1 aromatic carbocycles. The van der Waals surface area contributed by atoms with Gasteiger partial charge < -0.3 is 5.32 Å². The molecule has 1 spiro atoms. The standard InChI is InChI=1S/C20H23N5O2/c1-14-17(15(2)24(23-14)16-9-5-3-6-10-16)13-21-25-18(26)20(22-19(25)27)11-7-4-8-12-20/h3,5-6,9-10,13H,4,7-8,11-12H2,1-2H3,(H,22,27). The van der Waals surface area contributed by atoms with Gasteiger partial charge in [0.05, 0.1) is 23.3 Å². The van der Waals surface area contributed by atoms with E-state index in [0.717, 1.165) is 46.9 Å². The molecule has 4 rings (SSSR count). The molecule has 1 N–H and O–H groups in total. The molecule has 1 saturated carbocycles. The van der Waals surface area contributed by atoms with Crippen LogP contribution in [0, 0.1) is 13.8 Å². The Morgan fingerprint density at radius 2 is 1.81 bits per heavy atom. The summed E-state index contributed by atoms with van der Waals surface area (Å²) in [5.74, 6) is -0.241. The van der Waals surface area contributed by atoms with E-state index in [-0.39, 0.29) is 5.91 Å². The highest BCUT2D eigenvalue weighted by Gasteiger charge is 2.51. The maximum atomic E-state index is 12.8. The molecule has 7 heteroatoms. The molecule has 0 radical (unpaired) electrons. The SMILES string of the molecule is Cc1nn(-c2ccccc2)c(C)c1C=NN1C(=O)NC2(CCCCC2)C1=O. The van der Waals surface area contributed by atoms with Crippen LogP contribution in [0.1, 0.15) is 49.1 Å². The average Bonchev–Trinajstić information content (AvgIpc) is 3.08. The van der Waals surface area contributed by atoms with E-state index >= 15 is 0 Å². The maximum absolute atomic E-state index is 12.8. The molecule has 7 nitrogen and oxygen atoms in total. The number of benzene rings is 1. The van der Waals surface area contributed by atoms with Gasteiger partial charge in [-0.25, -0.2) is 9.48 Å². The van der Waals surface area contributed by atoms with Crippen LogP contribution in [0.15, 0.2) is 35.4 Å². The van der Waals surface area contributed by atoms with Crippen LogP contribution in [-0.4, -0.2) is 38.5 Å². The first-order valence-corrected chi connectivity index (χ1v) is 9.34. The third-order valence-corrected chi connectivity index (χ3v) is 5.50. The van der Waals surface area contributed by atoms with E-state index in [9.17, 15) is 9.59 Å². The maximum Gasteiger partial charge on any atom is 0.346 e. The fourth-order valence-electron chi connectivity index (χ4n) is 3.98. The van der Waals surface area contributed by atoms with Gasteiger partial charge in [-0.1, -0.05) is 37.5 Å². The molecule has 2 aromatic rings. The molecule has 2 heterocycles. The number of aryl methyl sites for hydroxylation is 1. The van der Waals surface area contributed by atoms with Gasteiger partial charge in [-0.15, -0.1) is 5.01 Å². The first-order chi connectivity index (χ1) is 13.0. The van der Waals surface area contributed by atoms with Gasteiger partial charge in [0.1, 0.15) is 5.54 Å². The minimum atomic E-state index is -0.759. The third-order valence-electron chi connectivity index (χ3n) is 5.50. The zero-order valence-corrected chi connectivity index (χ0v) is 15.6. The van der Waals surface area contributed by atoms with E-state index in [0.29, 0.717) is 12.8 Å². The number of rotatable bonds is 3. The first-order valence-electron chi connectivity index (χ1n) is 9.34. The lowest BCUT2D eigenvalue weighted by molar-refractivity contribution is -0.132. The van der Waals surface area contributed by atoms with Crippen LogP contribution >= 0.6 is 0 Å². The third kappa shape index (κ3) is 2.93. The number of hydrogen-bond donors (Lipinski definition) is 1.